The first-order chi connectivity index (χ1) is 14.7. The molecular formula is C22H23N5O2S. The first-order valence-corrected chi connectivity index (χ1v) is 11.0. The topological polar surface area (TPSA) is 81.3 Å². The minimum absolute atomic E-state index is 0.0351. The Labute approximate surface area is 178 Å². The van der Waals surface area contributed by atoms with Gasteiger partial charge in [-0.25, -0.2) is 0 Å². The van der Waals surface area contributed by atoms with Crippen molar-refractivity contribution in [1.82, 2.24) is 24.5 Å². The lowest BCUT2D eigenvalue weighted by Crippen LogP contribution is -2.26. The van der Waals surface area contributed by atoms with Crippen molar-refractivity contribution < 1.29 is 4.79 Å². The lowest BCUT2D eigenvalue weighted by atomic mass is 10.2. The van der Waals surface area contributed by atoms with Crippen molar-refractivity contribution in [3.63, 3.8) is 0 Å². The minimum Gasteiger partial charge on any atom is -0.355 e. The van der Waals surface area contributed by atoms with Crippen LogP contribution in [-0.4, -0.2) is 37.4 Å². The van der Waals surface area contributed by atoms with Gasteiger partial charge < -0.3 is 5.32 Å². The minimum atomic E-state index is -0.108. The Balaban J connectivity index is 1.73. The molecule has 4 aromatic rings. The summed E-state index contributed by atoms with van der Waals surface area (Å²) in [7, 11) is 0. The van der Waals surface area contributed by atoms with Gasteiger partial charge in [-0.05, 0) is 24.1 Å². The number of nitrogens with zero attached hydrogens (tertiary/aromatic N) is 4. The molecule has 0 aliphatic rings. The van der Waals surface area contributed by atoms with E-state index in [0.29, 0.717) is 29.4 Å². The first kappa shape index (κ1) is 20.2. The summed E-state index contributed by atoms with van der Waals surface area (Å²) in [5, 5.41) is 12.7. The first-order valence-electron chi connectivity index (χ1n) is 9.99. The zero-order valence-electron chi connectivity index (χ0n) is 16.7. The lowest BCUT2D eigenvalue weighted by molar-refractivity contribution is -0.118. The van der Waals surface area contributed by atoms with Crippen LogP contribution in [0.25, 0.3) is 16.7 Å². The van der Waals surface area contributed by atoms with Gasteiger partial charge in [-0.3, -0.25) is 18.6 Å². The molecule has 154 valence electrons. The normalized spacial score (nSPS) is 11.2. The second kappa shape index (κ2) is 9.13. The molecule has 0 saturated carbocycles. The molecule has 30 heavy (non-hydrogen) atoms. The van der Waals surface area contributed by atoms with Crippen LogP contribution in [0.2, 0.25) is 0 Å². The molecule has 2 aromatic heterocycles. The molecule has 2 heterocycles. The summed E-state index contributed by atoms with van der Waals surface area (Å²) >= 11 is 1.32. The van der Waals surface area contributed by atoms with Crippen molar-refractivity contribution in [2.45, 2.75) is 31.5 Å². The number of para-hydroxylation sites is 1. The van der Waals surface area contributed by atoms with Crippen molar-refractivity contribution in [2.24, 2.45) is 0 Å². The van der Waals surface area contributed by atoms with Crippen LogP contribution in [0.15, 0.2) is 64.5 Å². The van der Waals surface area contributed by atoms with Crippen molar-refractivity contribution >= 4 is 34.3 Å². The van der Waals surface area contributed by atoms with E-state index in [4.69, 9.17) is 0 Å². The molecule has 0 spiro atoms. The number of amides is 1. The van der Waals surface area contributed by atoms with Crippen LogP contribution in [0.3, 0.4) is 0 Å². The molecule has 4 rings (SSSR count). The van der Waals surface area contributed by atoms with Gasteiger partial charge in [-0.2, -0.15) is 0 Å². The van der Waals surface area contributed by atoms with Gasteiger partial charge in [0.05, 0.1) is 23.2 Å². The molecule has 0 saturated heterocycles. The quantitative estimate of drug-likeness (QED) is 0.349. The summed E-state index contributed by atoms with van der Waals surface area (Å²) in [5.74, 6) is 0.681. The monoisotopic (exact) mass is 421 g/mol. The Hall–Kier alpha value is -3.13. The van der Waals surface area contributed by atoms with Crippen LogP contribution in [0.1, 0.15) is 25.3 Å². The van der Waals surface area contributed by atoms with Crippen LogP contribution < -0.4 is 10.9 Å². The van der Waals surface area contributed by atoms with Crippen molar-refractivity contribution in [2.75, 3.05) is 12.3 Å². The fourth-order valence-corrected chi connectivity index (χ4v) is 4.09. The molecule has 1 N–H and O–H groups in total. The van der Waals surface area contributed by atoms with Crippen molar-refractivity contribution in [3.05, 3.63) is 70.5 Å². The number of carbonyl (C=O) groups is 1. The number of fused-ring (bicyclic) bond motifs is 3. The summed E-state index contributed by atoms with van der Waals surface area (Å²) in [6, 6.07) is 17.2. The van der Waals surface area contributed by atoms with Gasteiger partial charge in [0.2, 0.25) is 11.7 Å². The van der Waals surface area contributed by atoms with Crippen LogP contribution in [0.4, 0.5) is 0 Å². The molecule has 1 amide bonds. The second-order valence-electron chi connectivity index (χ2n) is 7.00. The number of nitrogens with one attached hydrogen (secondary N) is 1. The van der Waals surface area contributed by atoms with Gasteiger partial charge in [0, 0.05) is 6.54 Å². The van der Waals surface area contributed by atoms with E-state index in [1.807, 2.05) is 59.0 Å². The Morgan fingerprint density at radius 3 is 2.63 bits per heavy atom. The smallest absolute Gasteiger partial charge is 0.263 e. The summed E-state index contributed by atoms with van der Waals surface area (Å²) in [5.41, 5.74) is 1.63. The number of hydrogen-bond acceptors (Lipinski definition) is 5. The van der Waals surface area contributed by atoms with Gasteiger partial charge >= 0.3 is 0 Å². The number of thioether (sulfide) groups is 1. The largest absolute Gasteiger partial charge is 0.355 e. The van der Waals surface area contributed by atoms with E-state index in [2.05, 4.69) is 22.4 Å². The summed E-state index contributed by atoms with van der Waals surface area (Å²) in [6.07, 6.45) is 1.99. The van der Waals surface area contributed by atoms with E-state index in [0.717, 1.165) is 23.9 Å². The maximum Gasteiger partial charge on any atom is 0.263 e. The zero-order chi connectivity index (χ0) is 20.9. The van der Waals surface area contributed by atoms with E-state index in [-0.39, 0.29) is 17.2 Å². The van der Waals surface area contributed by atoms with Crippen molar-refractivity contribution in [3.8, 4) is 0 Å². The number of carbonyl (C=O) groups excluding carboxylic acids is 1. The van der Waals surface area contributed by atoms with Crippen LogP contribution >= 0.6 is 11.8 Å². The van der Waals surface area contributed by atoms with E-state index >= 15 is 0 Å². The predicted octanol–water partition coefficient (Wildman–Crippen LogP) is 3.10. The highest BCUT2D eigenvalue weighted by molar-refractivity contribution is 7.99. The number of aromatic nitrogens is 4. The third-order valence-corrected chi connectivity index (χ3v) is 5.78. The van der Waals surface area contributed by atoms with Crippen LogP contribution in [0.5, 0.6) is 0 Å². The van der Waals surface area contributed by atoms with E-state index in [9.17, 15) is 9.59 Å². The molecular weight excluding hydrogens is 398 g/mol. The maximum absolute atomic E-state index is 13.2. The third kappa shape index (κ3) is 4.09. The number of hydrogen-bond donors (Lipinski definition) is 1. The maximum atomic E-state index is 13.2. The summed E-state index contributed by atoms with van der Waals surface area (Å²) in [4.78, 5) is 25.3. The molecule has 0 fully saturated rings. The average Bonchev–Trinajstić information content (AvgIpc) is 3.20. The number of unbranched alkanes of at least 4 members (excludes halogenated alkanes) is 1. The number of benzene rings is 2. The molecule has 2 aromatic carbocycles. The molecule has 0 bridgehead atoms. The standard InChI is InChI=1S/C22H23N5O2S/c1-2-3-13-23-19(28)15-30-22-25-24-21-26(14-16-9-5-4-6-10-16)20(29)17-11-7-8-12-18(17)27(21)22/h4-12H,2-3,13-15H2,1H3,(H,23,28). The highest BCUT2D eigenvalue weighted by Crippen LogP contribution is 2.22. The Bertz CT molecular complexity index is 1230. The van der Waals surface area contributed by atoms with Crippen LogP contribution in [0, 0.1) is 0 Å². The lowest BCUT2D eigenvalue weighted by Gasteiger charge is -2.11. The summed E-state index contributed by atoms with van der Waals surface area (Å²) < 4.78 is 3.50. The molecule has 0 radical (unpaired) electrons. The highest BCUT2D eigenvalue weighted by atomic mass is 32.2. The van der Waals surface area contributed by atoms with E-state index in [1.54, 1.807) is 4.57 Å². The molecule has 0 aliphatic carbocycles. The highest BCUT2D eigenvalue weighted by Gasteiger charge is 2.17. The fourth-order valence-electron chi connectivity index (χ4n) is 3.32. The summed E-state index contributed by atoms with van der Waals surface area (Å²) in [6.45, 7) is 3.16. The van der Waals surface area contributed by atoms with Gasteiger partial charge in [-0.15, -0.1) is 10.2 Å². The average molecular weight is 422 g/mol. The molecule has 7 nitrogen and oxygen atoms in total. The van der Waals surface area contributed by atoms with E-state index in [1.165, 1.54) is 11.8 Å². The van der Waals surface area contributed by atoms with Gasteiger partial charge in [0.1, 0.15) is 0 Å². The Kier molecular flexibility index (Phi) is 6.13. The number of rotatable bonds is 8. The Morgan fingerprint density at radius 1 is 1.07 bits per heavy atom. The fraction of sp³-hybridized carbons (Fsp3) is 0.273. The predicted molar refractivity (Wildman–Crippen MR) is 119 cm³/mol. The molecule has 8 heteroatoms. The van der Waals surface area contributed by atoms with Crippen molar-refractivity contribution in [1.29, 1.82) is 0 Å². The SMILES string of the molecule is CCCCNC(=O)CSc1nnc2n(Cc3ccccc3)c(=O)c3ccccc3n12. The zero-order valence-corrected chi connectivity index (χ0v) is 17.6. The van der Waals surface area contributed by atoms with Crippen LogP contribution in [-0.2, 0) is 11.3 Å². The van der Waals surface area contributed by atoms with Gasteiger partial charge in [-0.1, -0.05) is 67.6 Å². The van der Waals surface area contributed by atoms with Gasteiger partial charge in [0.15, 0.2) is 5.16 Å². The third-order valence-electron chi connectivity index (χ3n) is 4.85. The molecule has 0 unspecified atom stereocenters. The van der Waals surface area contributed by atoms with Gasteiger partial charge in [0.25, 0.3) is 5.56 Å². The van der Waals surface area contributed by atoms with E-state index < -0.39 is 0 Å². The Morgan fingerprint density at radius 2 is 1.83 bits per heavy atom. The second-order valence-corrected chi connectivity index (χ2v) is 7.95. The molecule has 0 atom stereocenters. The molecule has 0 aliphatic heterocycles.